The summed E-state index contributed by atoms with van der Waals surface area (Å²) in [6.45, 7) is 9.32. The first kappa shape index (κ1) is 16.9. The first-order valence-corrected chi connectivity index (χ1v) is 9.19. The minimum Gasteiger partial charge on any atom is -0.477 e. The van der Waals surface area contributed by atoms with Crippen LogP contribution < -0.4 is 0 Å². The Hall–Kier alpha value is -2.55. The Morgan fingerprint density at radius 2 is 1.54 bits per heavy atom. The van der Waals surface area contributed by atoms with Crippen molar-refractivity contribution in [1.29, 1.82) is 0 Å². The molecule has 0 spiro atoms. The number of benzene rings is 2. The number of hydrogen-bond donors (Lipinski definition) is 1. The Kier molecular flexibility index (Phi) is 3.56. The van der Waals surface area contributed by atoms with Crippen LogP contribution in [0.1, 0.15) is 62.2 Å². The number of carboxylic acids is 1. The highest BCUT2D eigenvalue weighted by molar-refractivity contribution is 5.89. The summed E-state index contributed by atoms with van der Waals surface area (Å²) in [5, 5.41) is 11.8. The summed E-state index contributed by atoms with van der Waals surface area (Å²) >= 11 is 0. The molecule has 0 saturated carbocycles. The van der Waals surface area contributed by atoms with Gasteiger partial charge in [-0.15, -0.1) is 0 Å². The maximum absolute atomic E-state index is 11.4. The van der Waals surface area contributed by atoms with E-state index in [4.69, 9.17) is 0 Å². The maximum atomic E-state index is 11.4. The molecule has 0 bridgehead atoms. The SMILES string of the molecule is CC1(C)CCC(C)(C)c2cc3cc(-n4cccc4C(=O)O)ccc3cc21. The molecule has 1 N–H and O–H groups in total. The molecule has 26 heavy (non-hydrogen) atoms. The molecular weight excluding hydrogens is 322 g/mol. The van der Waals surface area contributed by atoms with Gasteiger partial charge in [0.25, 0.3) is 0 Å². The van der Waals surface area contributed by atoms with E-state index in [2.05, 4.69) is 52.0 Å². The number of hydrogen-bond acceptors (Lipinski definition) is 1. The number of nitrogens with zero attached hydrogens (tertiary/aromatic N) is 1. The predicted molar refractivity (Wildman–Crippen MR) is 106 cm³/mol. The zero-order valence-electron chi connectivity index (χ0n) is 15.8. The highest BCUT2D eigenvalue weighted by Crippen LogP contribution is 2.47. The zero-order valence-corrected chi connectivity index (χ0v) is 15.8. The van der Waals surface area contributed by atoms with E-state index >= 15 is 0 Å². The molecule has 0 saturated heterocycles. The Labute approximate surface area is 154 Å². The largest absolute Gasteiger partial charge is 0.477 e. The van der Waals surface area contributed by atoms with Crippen LogP contribution in [0.2, 0.25) is 0 Å². The van der Waals surface area contributed by atoms with Gasteiger partial charge >= 0.3 is 5.97 Å². The number of carboxylic acid groups (broad SMARTS) is 1. The highest BCUT2D eigenvalue weighted by atomic mass is 16.4. The normalized spacial score (nSPS) is 17.8. The maximum Gasteiger partial charge on any atom is 0.352 e. The summed E-state index contributed by atoms with van der Waals surface area (Å²) in [5.41, 5.74) is 4.38. The molecule has 4 rings (SSSR count). The summed E-state index contributed by atoms with van der Waals surface area (Å²) in [6.07, 6.45) is 4.18. The van der Waals surface area contributed by atoms with E-state index < -0.39 is 5.97 Å². The molecule has 134 valence electrons. The van der Waals surface area contributed by atoms with E-state index in [1.165, 1.54) is 29.4 Å². The van der Waals surface area contributed by atoms with Gasteiger partial charge < -0.3 is 9.67 Å². The number of rotatable bonds is 2. The molecule has 3 aromatic rings. The molecule has 1 heterocycles. The van der Waals surface area contributed by atoms with Crippen molar-refractivity contribution in [3.05, 3.63) is 65.5 Å². The lowest BCUT2D eigenvalue weighted by molar-refractivity contribution is 0.0688. The second kappa shape index (κ2) is 5.47. The Bertz CT molecular complexity index is 1020. The van der Waals surface area contributed by atoms with E-state index in [1.807, 2.05) is 6.07 Å². The Balaban J connectivity index is 1.93. The summed E-state index contributed by atoms with van der Waals surface area (Å²) in [5.74, 6) is -0.913. The van der Waals surface area contributed by atoms with Gasteiger partial charge in [-0.3, -0.25) is 0 Å². The molecule has 0 radical (unpaired) electrons. The minimum absolute atomic E-state index is 0.161. The third kappa shape index (κ3) is 2.54. The predicted octanol–water partition coefficient (Wildman–Crippen LogP) is 5.68. The fraction of sp³-hybridized carbons (Fsp3) is 0.348. The number of fused-ring (bicyclic) bond motifs is 2. The van der Waals surface area contributed by atoms with Crippen molar-refractivity contribution in [2.24, 2.45) is 0 Å². The van der Waals surface area contributed by atoms with E-state index in [0.717, 1.165) is 11.1 Å². The van der Waals surface area contributed by atoms with Crippen molar-refractivity contribution in [3.63, 3.8) is 0 Å². The van der Waals surface area contributed by atoms with E-state index in [-0.39, 0.29) is 16.5 Å². The first-order chi connectivity index (χ1) is 12.2. The van der Waals surface area contributed by atoms with Gasteiger partial charge in [-0.2, -0.15) is 0 Å². The quantitative estimate of drug-likeness (QED) is 0.648. The van der Waals surface area contributed by atoms with E-state index in [1.54, 1.807) is 22.9 Å². The highest BCUT2D eigenvalue weighted by Gasteiger charge is 2.37. The van der Waals surface area contributed by atoms with Gasteiger partial charge in [0.15, 0.2) is 0 Å². The molecule has 1 aromatic heterocycles. The van der Waals surface area contributed by atoms with Crippen LogP contribution in [-0.4, -0.2) is 15.6 Å². The van der Waals surface area contributed by atoms with Gasteiger partial charge in [-0.25, -0.2) is 4.79 Å². The zero-order chi connectivity index (χ0) is 18.7. The van der Waals surface area contributed by atoms with Gasteiger partial charge in [-0.05, 0) is 69.8 Å². The Morgan fingerprint density at radius 3 is 2.15 bits per heavy atom. The van der Waals surface area contributed by atoms with E-state index in [9.17, 15) is 9.90 Å². The van der Waals surface area contributed by atoms with Crippen LogP contribution in [0.15, 0.2) is 48.7 Å². The summed E-state index contributed by atoms with van der Waals surface area (Å²) in [4.78, 5) is 11.4. The van der Waals surface area contributed by atoms with Crippen LogP contribution in [0, 0.1) is 0 Å². The second-order valence-corrected chi connectivity index (χ2v) is 8.77. The van der Waals surface area contributed by atoms with Crippen molar-refractivity contribution in [2.75, 3.05) is 0 Å². The van der Waals surface area contributed by atoms with E-state index in [0.29, 0.717) is 0 Å². The van der Waals surface area contributed by atoms with Gasteiger partial charge in [-0.1, -0.05) is 45.9 Å². The number of carbonyl (C=O) groups is 1. The van der Waals surface area contributed by atoms with Crippen molar-refractivity contribution in [3.8, 4) is 5.69 Å². The van der Waals surface area contributed by atoms with Gasteiger partial charge in [0.1, 0.15) is 5.69 Å². The van der Waals surface area contributed by atoms with Crippen molar-refractivity contribution < 1.29 is 9.90 Å². The van der Waals surface area contributed by atoms with Crippen LogP contribution in [-0.2, 0) is 10.8 Å². The molecule has 0 unspecified atom stereocenters. The molecule has 0 atom stereocenters. The van der Waals surface area contributed by atoms with Crippen molar-refractivity contribution in [1.82, 2.24) is 4.57 Å². The fourth-order valence-electron chi connectivity index (χ4n) is 4.23. The molecule has 2 aromatic carbocycles. The van der Waals surface area contributed by atoms with Crippen molar-refractivity contribution in [2.45, 2.75) is 51.4 Å². The lowest BCUT2D eigenvalue weighted by Gasteiger charge is -2.42. The molecule has 0 amide bonds. The monoisotopic (exact) mass is 347 g/mol. The topological polar surface area (TPSA) is 42.2 Å². The molecule has 1 aliphatic carbocycles. The molecule has 0 aliphatic heterocycles. The lowest BCUT2D eigenvalue weighted by Crippen LogP contribution is -2.33. The second-order valence-electron chi connectivity index (χ2n) is 8.77. The molecular formula is C23H25NO2. The van der Waals surface area contributed by atoms with Crippen LogP contribution >= 0.6 is 0 Å². The fourth-order valence-corrected chi connectivity index (χ4v) is 4.23. The van der Waals surface area contributed by atoms with Crippen molar-refractivity contribution >= 4 is 16.7 Å². The molecule has 0 fully saturated rings. The summed E-state index contributed by atoms with van der Waals surface area (Å²) in [6, 6.07) is 14.3. The lowest BCUT2D eigenvalue weighted by atomic mass is 9.63. The third-order valence-electron chi connectivity index (χ3n) is 6.04. The van der Waals surface area contributed by atoms with Gasteiger partial charge in [0.2, 0.25) is 0 Å². The molecule has 3 heteroatoms. The van der Waals surface area contributed by atoms with Crippen LogP contribution in [0.3, 0.4) is 0 Å². The number of aromatic nitrogens is 1. The number of aromatic carboxylic acids is 1. The smallest absolute Gasteiger partial charge is 0.352 e. The molecule has 3 nitrogen and oxygen atoms in total. The average Bonchev–Trinajstić information content (AvgIpc) is 3.07. The third-order valence-corrected chi connectivity index (χ3v) is 6.04. The molecule has 1 aliphatic rings. The standard InChI is InChI=1S/C23H25NO2/c1-22(2)9-10-23(3,4)19-14-16-12-17(8-7-15(16)13-18(19)22)24-11-5-6-20(24)21(25)26/h5-8,11-14H,9-10H2,1-4H3,(H,25,26). The Morgan fingerprint density at radius 1 is 0.923 bits per heavy atom. The summed E-state index contributed by atoms with van der Waals surface area (Å²) < 4.78 is 1.73. The van der Waals surface area contributed by atoms with Crippen LogP contribution in [0.25, 0.3) is 16.5 Å². The van der Waals surface area contributed by atoms with Gasteiger partial charge in [0.05, 0.1) is 0 Å². The van der Waals surface area contributed by atoms with Crippen LogP contribution in [0.5, 0.6) is 0 Å². The van der Waals surface area contributed by atoms with Crippen LogP contribution in [0.4, 0.5) is 0 Å². The summed E-state index contributed by atoms with van der Waals surface area (Å²) in [7, 11) is 0. The average molecular weight is 347 g/mol. The van der Waals surface area contributed by atoms with Gasteiger partial charge in [0, 0.05) is 11.9 Å². The minimum atomic E-state index is -0.913. The first-order valence-electron chi connectivity index (χ1n) is 9.19.